The predicted molar refractivity (Wildman–Crippen MR) is 128 cm³/mol. The summed E-state index contributed by atoms with van der Waals surface area (Å²) >= 11 is 0. The number of imide groups is 1. The summed E-state index contributed by atoms with van der Waals surface area (Å²) < 4.78 is 16.4. The second kappa shape index (κ2) is 9.64. The molecule has 180 valence electrons. The quantitative estimate of drug-likeness (QED) is 0.583. The van der Waals surface area contributed by atoms with Gasteiger partial charge in [0.15, 0.2) is 11.5 Å². The Balaban J connectivity index is 1.26. The Kier molecular flexibility index (Phi) is 6.43. The number of carbonyl (C=O) groups excluding carboxylic acids is 2. The number of hydrogen-bond acceptors (Lipinski definition) is 7. The first-order valence-corrected chi connectivity index (χ1v) is 11.9. The normalized spacial score (nSPS) is 20.7. The van der Waals surface area contributed by atoms with Crippen LogP contribution in [0.3, 0.4) is 0 Å². The van der Waals surface area contributed by atoms with E-state index in [1.54, 1.807) is 20.3 Å². The Morgan fingerprint density at radius 2 is 1.76 bits per heavy atom. The third-order valence-electron chi connectivity index (χ3n) is 6.95. The molecule has 2 fully saturated rings. The van der Waals surface area contributed by atoms with E-state index in [1.807, 2.05) is 24.3 Å². The van der Waals surface area contributed by atoms with E-state index in [0.29, 0.717) is 24.3 Å². The number of nitrogens with zero attached hydrogens (tertiary/aromatic N) is 3. The zero-order chi connectivity index (χ0) is 23.7. The Labute approximate surface area is 200 Å². The SMILES string of the molecule is COc1ccc(CN2CCN(c3cccc4c3C(=O)N(CC3CCCO3)C4=O)CC2)cc1OC. The third-order valence-corrected chi connectivity index (χ3v) is 6.95. The van der Waals surface area contributed by atoms with Crippen molar-refractivity contribution in [1.82, 2.24) is 9.80 Å². The first-order chi connectivity index (χ1) is 16.6. The molecule has 5 rings (SSSR count). The van der Waals surface area contributed by atoms with E-state index in [9.17, 15) is 9.59 Å². The van der Waals surface area contributed by atoms with Crippen LogP contribution >= 0.6 is 0 Å². The van der Waals surface area contributed by atoms with Crippen molar-refractivity contribution >= 4 is 17.5 Å². The van der Waals surface area contributed by atoms with E-state index in [2.05, 4.69) is 15.9 Å². The van der Waals surface area contributed by atoms with Crippen LogP contribution in [0.1, 0.15) is 39.1 Å². The van der Waals surface area contributed by atoms with E-state index in [0.717, 1.165) is 68.3 Å². The summed E-state index contributed by atoms with van der Waals surface area (Å²) in [5.41, 5.74) is 3.07. The maximum Gasteiger partial charge on any atom is 0.263 e. The van der Waals surface area contributed by atoms with Gasteiger partial charge in [-0.2, -0.15) is 0 Å². The molecule has 2 saturated heterocycles. The Morgan fingerprint density at radius 3 is 2.47 bits per heavy atom. The van der Waals surface area contributed by atoms with E-state index < -0.39 is 0 Å². The molecule has 0 N–H and O–H groups in total. The molecule has 0 spiro atoms. The fourth-order valence-corrected chi connectivity index (χ4v) is 5.12. The zero-order valence-electron chi connectivity index (χ0n) is 19.8. The Hall–Kier alpha value is -3.10. The van der Waals surface area contributed by atoms with Crippen molar-refractivity contribution in [2.24, 2.45) is 0 Å². The van der Waals surface area contributed by atoms with Crippen LogP contribution in [0, 0.1) is 0 Å². The molecule has 8 heteroatoms. The molecule has 3 heterocycles. The van der Waals surface area contributed by atoms with Crippen molar-refractivity contribution in [3.63, 3.8) is 0 Å². The summed E-state index contributed by atoms with van der Waals surface area (Å²) in [6, 6.07) is 11.6. The molecule has 2 amide bonds. The fourth-order valence-electron chi connectivity index (χ4n) is 5.12. The molecule has 0 bridgehead atoms. The third kappa shape index (κ3) is 4.23. The van der Waals surface area contributed by atoms with Gasteiger partial charge in [0.1, 0.15) is 0 Å². The first-order valence-electron chi connectivity index (χ1n) is 11.9. The lowest BCUT2D eigenvalue weighted by atomic mass is 10.1. The highest BCUT2D eigenvalue weighted by Crippen LogP contribution is 2.33. The molecular weight excluding hydrogens is 434 g/mol. The number of anilines is 1. The lowest BCUT2D eigenvalue weighted by molar-refractivity contribution is 0.0475. The molecule has 0 radical (unpaired) electrons. The van der Waals surface area contributed by atoms with Crippen LogP contribution in [0.2, 0.25) is 0 Å². The summed E-state index contributed by atoms with van der Waals surface area (Å²) in [6.45, 7) is 5.15. The van der Waals surface area contributed by atoms with Gasteiger partial charge >= 0.3 is 0 Å². The summed E-state index contributed by atoms with van der Waals surface area (Å²) in [6.07, 6.45) is 1.82. The maximum absolute atomic E-state index is 13.3. The first kappa shape index (κ1) is 22.7. The molecule has 0 aliphatic carbocycles. The van der Waals surface area contributed by atoms with Gasteiger partial charge in [0.05, 0.1) is 43.7 Å². The number of fused-ring (bicyclic) bond motifs is 1. The van der Waals surface area contributed by atoms with Gasteiger partial charge in [-0.25, -0.2) is 0 Å². The van der Waals surface area contributed by atoms with Gasteiger partial charge in [0.2, 0.25) is 0 Å². The molecule has 3 aliphatic rings. The van der Waals surface area contributed by atoms with E-state index >= 15 is 0 Å². The maximum atomic E-state index is 13.3. The minimum Gasteiger partial charge on any atom is -0.493 e. The average Bonchev–Trinajstić information content (AvgIpc) is 3.47. The van der Waals surface area contributed by atoms with Gasteiger partial charge in [0.25, 0.3) is 11.8 Å². The second-order valence-electron chi connectivity index (χ2n) is 9.01. The van der Waals surface area contributed by atoms with Crippen LogP contribution in [0.15, 0.2) is 36.4 Å². The minimum atomic E-state index is -0.204. The lowest BCUT2D eigenvalue weighted by Gasteiger charge is -2.36. The van der Waals surface area contributed by atoms with Crippen LogP contribution in [0.25, 0.3) is 0 Å². The van der Waals surface area contributed by atoms with Gasteiger partial charge in [-0.15, -0.1) is 0 Å². The molecule has 1 unspecified atom stereocenters. The van der Waals surface area contributed by atoms with Crippen molar-refractivity contribution in [2.75, 3.05) is 58.5 Å². The highest BCUT2D eigenvalue weighted by Gasteiger charge is 2.40. The number of benzene rings is 2. The van der Waals surface area contributed by atoms with E-state index in [-0.39, 0.29) is 17.9 Å². The highest BCUT2D eigenvalue weighted by molar-refractivity contribution is 6.23. The zero-order valence-corrected chi connectivity index (χ0v) is 19.8. The molecule has 8 nitrogen and oxygen atoms in total. The topological polar surface area (TPSA) is 71.5 Å². The largest absolute Gasteiger partial charge is 0.493 e. The van der Waals surface area contributed by atoms with Gasteiger partial charge in [-0.1, -0.05) is 12.1 Å². The smallest absolute Gasteiger partial charge is 0.263 e. The predicted octanol–water partition coefficient (Wildman–Crippen LogP) is 2.80. The molecule has 2 aromatic carbocycles. The summed E-state index contributed by atoms with van der Waals surface area (Å²) in [7, 11) is 3.28. The fraction of sp³-hybridized carbons (Fsp3) is 0.462. The number of rotatable bonds is 7. The standard InChI is InChI=1S/C26H31N3O5/c1-32-22-9-8-18(15-23(22)33-2)16-27-10-12-28(13-11-27)21-7-3-6-20-24(21)26(31)29(25(20)30)17-19-5-4-14-34-19/h3,6-9,15,19H,4-5,10-14,16-17H2,1-2H3. The minimum absolute atomic E-state index is 0.0502. The lowest BCUT2D eigenvalue weighted by Crippen LogP contribution is -2.46. The molecule has 0 aromatic heterocycles. The van der Waals surface area contributed by atoms with Gasteiger partial charge in [-0.3, -0.25) is 19.4 Å². The molecule has 0 saturated carbocycles. The van der Waals surface area contributed by atoms with Crippen molar-refractivity contribution in [3.8, 4) is 11.5 Å². The molecule has 2 aromatic rings. The highest BCUT2D eigenvalue weighted by atomic mass is 16.5. The number of methoxy groups -OCH3 is 2. The summed E-state index contributed by atoms with van der Waals surface area (Å²) in [5.74, 6) is 1.05. The van der Waals surface area contributed by atoms with Crippen LogP contribution < -0.4 is 14.4 Å². The van der Waals surface area contributed by atoms with Crippen molar-refractivity contribution in [1.29, 1.82) is 0 Å². The second-order valence-corrected chi connectivity index (χ2v) is 9.01. The van der Waals surface area contributed by atoms with E-state index in [1.165, 1.54) is 4.90 Å². The Morgan fingerprint density at radius 1 is 0.971 bits per heavy atom. The van der Waals surface area contributed by atoms with Crippen LogP contribution in [-0.4, -0.2) is 81.3 Å². The molecule has 3 aliphatic heterocycles. The van der Waals surface area contributed by atoms with Crippen molar-refractivity contribution in [2.45, 2.75) is 25.5 Å². The van der Waals surface area contributed by atoms with E-state index in [4.69, 9.17) is 14.2 Å². The Bertz CT molecular complexity index is 1070. The number of hydrogen-bond donors (Lipinski definition) is 0. The van der Waals surface area contributed by atoms with Crippen LogP contribution in [0.5, 0.6) is 11.5 Å². The summed E-state index contributed by atoms with van der Waals surface area (Å²) in [5, 5.41) is 0. The number of carbonyl (C=O) groups is 2. The summed E-state index contributed by atoms with van der Waals surface area (Å²) in [4.78, 5) is 32.2. The number of amides is 2. The van der Waals surface area contributed by atoms with Gasteiger partial charge in [-0.05, 0) is 42.7 Å². The van der Waals surface area contributed by atoms with Crippen molar-refractivity contribution < 1.29 is 23.8 Å². The molecular formula is C26H31N3O5. The van der Waals surface area contributed by atoms with Crippen LogP contribution in [0.4, 0.5) is 5.69 Å². The number of piperazine rings is 1. The molecule has 34 heavy (non-hydrogen) atoms. The monoisotopic (exact) mass is 465 g/mol. The van der Waals surface area contributed by atoms with Gasteiger partial charge in [0, 0.05) is 39.3 Å². The van der Waals surface area contributed by atoms with Crippen molar-refractivity contribution in [3.05, 3.63) is 53.1 Å². The average molecular weight is 466 g/mol. The molecule has 1 atom stereocenters. The van der Waals surface area contributed by atoms with Gasteiger partial charge < -0.3 is 19.1 Å². The van der Waals surface area contributed by atoms with Crippen LogP contribution in [-0.2, 0) is 11.3 Å². The number of ether oxygens (including phenoxy) is 3.